The molecule has 0 aromatic carbocycles. The third kappa shape index (κ3) is 2.66. The van der Waals surface area contributed by atoms with Crippen molar-refractivity contribution in [3.05, 3.63) is 21.9 Å². The van der Waals surface area contributed by atoms with Gasteiger partial charge in [-0.3, -0.25) is 4.79 Å². The maximum atomic E-state index is 11.0. The van der Waals surface area contributed by atoms with Gasteiger partial charge in [0.25, 0.3) is 0 Å². The summed E-state index contributed by atoms with van der Waals surface area (Å²) in [5, 5.41) is 20.5. The van der Waals surface area contributed by atoms with E-state index in [2.05, 4.69) is 4.74 Å². The molecular formula is C10H12O5S. The van der Waals surface area contributed by atoms with Gasteiger partial charge in [0.05, 0.1) is 12.0 Å². The molecule has 16 heavy (non-hydrogen) atoms. The maximum Gasteiger partial charge on any atom is 0.337 e. The van der Waals surface area contributed by atoms with Gasteiger partial charge in [0, 0.05) is 0 Å². The Morgan fingerprint density at radius 3 is 2.50 bits per heavy atom. The molecule has 0 bridgehead atoms. The molecule has 1 heterocycles. The van der Waals surface area contributed by atoms with E-state index in [1.165, 1.54) is 18.4 Å². The van der Waals surface area contributed by atoms with Gasteiger partial charge in [0.15, 0.2) is 11.9 Å². The van der Waals surface area contributed by atoms with Gasteiger partial charge in [-0.05, 0) is 23.9 Å². The molecule has 1 aromatic rings. The van der Waals surface area contributed by atoms with Gasteiger partial charge >= 0.3 is 5.97 Å². The lowest BCUT2D eigenvalue weighted by Gasteiger charge is -2.13. The lowest BCUT2D eigenvalue weighted by atomic mass is 10.1. The van der Waals surface area contributed by atoms with Gasteiger partial charge in [0.1, 0.15) is 6.10 Å². The molecule has 2 unspecified atom stereocenters. The highest BCUT2D eigenvalue weighted by Gasteiger charge is 2.27. The highest BCUT2D eigenvalue weighted by atomic mass is 32.1. The topological polar surface area (TPSA) is 83.8 Å². The molecule has 0 aliphatic carbocycles. The van der Waals surface area contributed by atoms with Crippen LogP contribution in [0.25, 0.3) is 0 Å². The summed E-state index contributed by atoms with van der Waals surface area (Å²) in [5.41, 5.74) is 0.327. The van der Waals surface area contributed by atoms with E-state index in [1.54, 1.807) is 0 Å². The second-order valence-corrected chi connectivity index (χ2v) is 4.12. The number of Topliss-reactive ketones (excluding diaryl/α,β-unsaturated/α-hetero) is 1. The van der Waals surface area contributed by atoms with Crippen LogP contribution >= 0.6 is 11.3 Å². The van der Waals surface area contributed by atoms with Crippen molar-refractivity contribution in [1.29, 1.82) is 0 Å². The van der Waals surface area contributed by atoms with Crippen LogP contribution in [-0.4, -0.2) is 35.2 Å². The molecule has 0 saturated carbocycles. The number of carbonyl (C=O) groups is 2. The molecular weight excluding hydrogens is 232 g/mol. The minimum atomic E-state index is -1.64. The van der Waals surface area contributed by atoms with Gasteiger partial charge in [-0.2, -0.15) is 0 Å². The maximum absolute atomic E-state index is 11.0. The predicted octanol–water partition coefficient (Wildman–Crippen LogP) is 0.518. The average Bonchev–Trinajstić information content (AvgIpc) is 2.75. The number of aliphatic hydroxyl groups excluding tert-OH is 2. The van der Waals surface area contributed by atoms with Crippen molar-refractivity contribution < 1.29 is 24.5 Å². The van der Waals surface area contributed by atoms with Crippen LogP contribution in [0.15, 0.2) is 11.4 Å². The normalized spacial score (nSPS) is 14.2. The Morgan fingerprint density at radius 1 is 1.44 bits per heavy atom. The van der Waals surface area contributed by atoms with Gasteiger partial charge < -0.3 is 14.9 Å². The number of rotatable bonds is 4. The molecule has 0 spiro atoms. The van der Waals surface area contributed by atoms with Gasteiger partial charge in [-0.25, -0.2) is 4.79 Å². The molecule has 88 valence electrons. The number of carbonyl (C=O) groups excluding carboxylic acids is 2. The van der Waals surface area contributed by atoms with Crippen molar-refractivity contribution in [2.45, 2.75) is 19.1 Å². The van der Waals surface area contributed by atoms with Gasteiger partial charge in [-0.15, -0.1) is 11.3 Å². The zero-order valence-corrected chi connectivity index (χ0v) is 9.65. The Labute approximate surface area is 96.3 Å². The summed E-state index contributed by atoms with van der Waals surface area (Å²) >= 11 is 1.15. The highest BCUT2D eigenvalue weighted by molar-refractivity contribution is 7.12. The molecule has 0 aliphatic rings. The lowest BCUT2D eigenvalue weighted by Crippen LogP contribution is -2.28. The Morgan fingerprint density at radius 2 is 2.06 bits per heavy atom. The van der Waals surface area contributed by atoms with Crippen LogP contribution in [0.2, 0.25) is 0 Å². The van der Waals surface area contributed by atoms with Crippen molar-refractivity contribution in [1.82, 2.24) is 0 Å². The van der Waals surface area contributed by atoms with Crippen LogP contribution in [0.5, 0.6) is 0 Å². The molecule has 0 fully saturated rings. The molecule has 0 saturated heterocycles. The fourth-order valence-electron chi connectivity index (χ4n) is 1.12. The van der Waals surface area contributed by atoms with Crippen molar-refractivity contribution in [2.24, 2.45) is 0 Å². The average molecular weight is 244 g/mol. The Hall–Kier alpha value is -1.24. The van der Waals surface area contributed by atoms with Gasteiger partial charge in [-0.1, -0.05) is 0 Å². The minimum Gasteiger partial charge on any atom is -0.467 e. The number of esters is 1. The number of methoxy groups -OCH3 is 1. The first kappa shape index (κ1) is 12.8. The lowest BCUT2D eigenvalue weighted by molar-refractivity contribution is -0.156. The van der Waals surface area contributed by atoms with Crippen LogP contribution in [0.1, 0.15) is 28.3 Å². The summed E-state index contributed by atoms with van der Waals surface area (Å²) in [6.07, 6.45) is -3.02. The Kier molecular flexibility index (Phi) is 4.17. The first-order valence-electron chi connectivity index (χ1n) is 4.50. The number of hydrogen-bond donors (Lipinski definition) is 2. The summed E-state index contributed by atoms with van der Waals surface area (Å²) in [4.78, 5) is 22.5. The van der Waals surface area contributed by atoms with Crippen molar-refractivity contribution >= 4 is 23.1 Å². The molecule has 2 N–H and O–H groups in total. The third-order valence-electron chi connectivity index (χ3n) is 2.05. The highest BCUT2D eigenvalue weighted by Crippen LogP contribution is 2.24. The molecule has 0 aliphatic heterocycles. The second-order valence-electron chi connectivity index (χ2n) is 3.21. The first-order chi connectivity index (χ1) is 7.47. The number of ketones is 1. The van der Waals surface area contributed by atoms with Crippen molar-refractivity contribution in [3.8, 4) is 0 Å². The molecule has 1 aromatic heterocycles. The third-order valence-corrected chi connectivity index (χ3v) is 3.10. The zero-order chi connectivity index (χ0) is 12.3. The largest absolute Gasteiger partial charge is 0.467 e. The van der Waals surface area contributed by atoms with E-state index in [1.807, 2.05) is 0 Å². The Bertz CT molecular complexity index is 398. The van der Waals surface area contributed by atoms with Crippen LogP contribution in [0.4, 0.5) is 0 Å². The molecule has 1 rings (SSSR count). The number of aliphatic hydroxyl groups is 2. The number of ether oxygens (including phenoxy) is 1. The predicted molar refractivity (Wildman–Crippen MR) is 57.3 cm³/mol. The molecule has 0 amide bonds. The summed E-state index contributed by atoms with van der Waals surface area (Å²) in [6.45, 7) is 1.40. The van der Waals surface area contributed by atoms with E-state index >= 15 is 0 Å². The fourth-order valence-corrected chi connectivity index (χ4v) is 1.96. The van der Waals surface area contributed by atoms with E-state index in [9.17, 15) is 19.8 Å². The summed E-state index contributed by atoms with van der Waals surface area (Å²) < 4.78 is 4.30. The second kappa shape index (κ2) is 5.20. The van der Waals surface area contributed by atoms with Crippen LogP contribution < -0.4 is 0 Å². The van der Waals surface area contributed by atoms with Crippen molar-refractivity contribution in [3.63, 3.8) is 0 Å². The van der Waals surface area contributed by atoms with E-state index in [0.29, 0.717) is 10.4 Å². The van der Waals surface area contributed by atoms with Crippen LogP contribution in [-0.2, 0) is 9.53 Å². The quantitative estimate of drug-likeness (QED) is 0.596. The van der Waals surface area contributed by atoms with E-state index in [4.69, 9.17) is 0 Å². The first-order valence-corrected chi connectivity index (χ1v) is 5.38. The zero-order valence-electron chi connectivity index (χ0n) is 8.84. The van der Waals surface area contributed by atoms with Crippen LogP contribution in [0.3, 0.4) is 0 Å². The monoisotopic (exact) mass is 244 g/mol. The Balaban J connectivity index is 2.83. The van der Waals surface area contributed by atoms with E-state index < -0.39 is 18.2 Å². The summed E-state index contributed by atoms with van der Waals surface area (Å²) in [6, 6.07) is 1.45. The van der Waals surface area contributed by atoms with Crippen LogP contribution in [0, 0.1) is 0 Å². The smallest absolute Gasteiger partial charge is 0.337 e. The molecule has 6 heteroatoms. The van der Waals surface area contributed by atoms with E-state index in [0.717, 1.165) is 18.4 Å². The van der Waals surface area contributed by atoms with Gasteiger partial charge in [0.2, 0.25) is 0 Å². The SMILES string of the molecule is COC(=O)C(O)C(O)c1csc(C(C)=O)c1. The fraction of sp³-hybridized carbons (Fsp3) is 0.400. The molecule has 0 radical (unpaired) electrons. The van der Waals surface area contributed by atoms with Crippen molar-refractivity contribution in [2.75, 3.05) is 7.11 Å². The minimum absolute atomic E-state index is 0.129. The summed E-state index contributed by atoms with van der Waals surface area (Å²) in [7, 11) is 1.12. The number of thiophene rings is 1. The standard InChI is InChI=1S/C10H12O5S/c1-5(11)7-3-6(4-16-7)8(12)9(13)10(14)15-2/h3-4,8-9,12-13H,1-2H3. The summed E-state index contributed by atoms with van der Waals surface area (Å²) in [5.74, 6) is -1.04. The van der Waals surface area contributed by atoms with E-state index in [-0.39, 0.29) is 5.78 Å². The number of hydrogen-bond acceptors (Lipinski definition) is 6. The molecule has 5 nitrogen and oxygen atoms in total. The molecule has 2 atom stereocenters.